The van der Waals surface area contributed by atoms with Crippen molar-refractivity contribution in [3.63, 3.8) is 0 Å². The van der Waals surface area contributed by atoms with Crippen molar-refractivity contribution in [2.45, 2.75) is 13.0 Å². The van der Waals surface area contributed by atoms with Gasteiger partial charge in [0.1, 0.15) is 0 Å². The normalized spacial score (nSPS) is 10.8. The van der Waals surface area contributed by atoms with Gasteiger partial charge in [-0.15, -0.1) is 16.4 Å². The number of aromatic nitrogens is 3. The number of rotatable bonds is 5. The highest BCUT2D eigenvalue weighted by Gasteiger charge is 2.18. The maximum Gasteiger partial charge on any atom is 0.358 e. The van der Waals surface area contributed by atoms with Crippen LogP contribution in [-0.4, -0.2) is 32.6 Å². The molecule has 0 bridgehead atoms. The van der Waals surface area contributed by atoms with E-state index in [2.05, 4.69) is 26.2 Å². The van der Waals surface area contributed by atoms with Gasteiger partial charge in [-0.25, -0.2) is 9.48 Å². The van der Waals surface area contributed by atoms with Crippen LogP contribution in [0.5, 0.6) is 0 Å². The maximum absolute atomic E-state index is 11.0. The summed E-state index contributed by atoms with van der Waals surface area (Å²) in [6, 6.07) is 1.94. The minimum atomic E-state index is -1.07. The molecule has 2 aromatic rings. The molecule has 0 amide bonds. The number of halogens is 1. The molecule has 0 aliphatic rings. The number of carbonyl (C=O) groups is 1. The number of carboxylic acid groups (broad SMARTS) is 1. The Bertz CT molecular complexity index is 566. The third-order valence-electron chi connectivity index (χ3n) is 2.41. The van der Waals surface area contributed by atoms with Crippen molar-refractivity contribution < 1.29 is 9.90 Å². The summed E-state index contributed by atoms with van der Waals surface area (Å²) >= 11 is 5.01. The van der Waals surface area contributed by atoms with Gasteiger partial charge in [-0.1, -0.05) is 5.21 Å². The number of nitrogens with two attached hydrogens (primary N) is 1. The molecule has 0 radical (unpaired) electrons. The SMILES string of the molecule is NCCc1c(C(=O)O)nnn1Cc1sccc1Br. The van der Waals surface area contributed by atoms with E-state index in [9.17, 15) is 4.79 Å². The smallest absolute Gasteiger partial charge is 0.358 e. The largest absolute Gasteiger partial charge is 0.476 e. The summed E-state index contributed by atoms with van der Waals surface area (Å²) in [6.07, 6.45) is 0.442. The van der Waals surface area contributed by atoms with E-state index in [0.717, 1.165) is 9.35 Å². The summed E-state index contributed by atoms with van der Waals surface area (Å²) in [4.78, 5) is 12.1. The summed E-state index contributed by atoms with van der Waals surface area (Å²) in [5.74, 6) is -1.07. The topological polar surface area (TPSA) is 94.0 Å². The van der Waals surface area contributed by atoms with E-state index in [1.54, 1.807) is 16.0 Å². The van der Waals surface area contributed by atoms with E-state index >= 15 is 0 Å². The molecule has 0 fully saturated rings. The predicted octanol–water partition coefficient (Wildman–Crippen LogP) is 1.35. The molecule has 3 N–H and O–H groups in total. The molecule has 0 aliphatic heterocycles. The average molecular weight is 331 g/mol. The van der Waals surface area contributed by atoms with Gasteiger partial charge < -0.3 is 10.8 Å². The summed E-state index contributed by atoms with van der Waals surface area (Å²) in [6.45, 7) is 0.854. The highest BCUT2D eigenvalue weighted by Crippen LogP contribution is 2.24. The summed E-state index contributed by atoms with van der Waals surface area (Å²) in [5.41, 5.74) is 6.03. The Hall–Kier alpha value is -1.25. The van der Waals surface area contributed by atoms with Crippen LogP contribution in [-0.2, 0) is 13.0 Å². The molecule has 0 spiro atoms. The number of thiophene rings is 1. The lowest BCUT2D eigenvalue weighted by molar-refractivity contribution is 0.0689. The van der Waals surface area contributed by atoms with Crippen LogP contribution in [0.1, 0.15) is 21.1 Å². The van der Waals surface area contributed by atoms with E-state index in [0.29, 0.717) is 25.2 Å². The van der Waals surface area contributed by atoms with Crippen molar-refractivity contribution in [2.24, 2.45) is 5.73 Å². The molecule has 0 unspecified atom stereocenters. The van der Waals surface area contributed by atoms with Crippen LogP contribution in [0.2, 0.25) is 0 Å². The Morgan fingerprint density at radius 1 is 1.61 bits per heavy atom. The standard InChI is InChI=1S/C10H11BrN4O2S/c11-6-2-4-18-8(6)5-15-7(1-3-12)9(10(16)17)13-14-15/h2,4H,1,3,5,12H2,(H,16,17). The van der Waals surface area contributed by atoms with Gasteiger partial charge in [-0.2, -0.15) is 0 Å². The summed E-state index contributed by atoms with van der Waals surface area (Å²) < 4.78 is 2.57. The zero-order valence-corrected chi connectivity index (χ0v) is 11.7. The second-order valence-corrected chi connectivity index (χ2v) is 5.43. The second kappa shape index (κ2) is 5.59. The third-order valence-corrected chi connectivity index (χ3v) is 4.32. The van der Waals surface area contributed by atoms with Crippen LogP contribution < -0.4 is 5.73 Å². The fourth-order valence-corrected chi connectivity index (χ4v) is 3.04. The van der Waals surface area contributed by atoms with Crippen molar-refractivity contribution in [1.82, 2.24) is 15.0 Å². The van der Waals surface area contributed by atoms with Crippen molar-refractivity contribution in [1.29, 1.82) is 0 Å². The molecule has 6 nitrogen and oxygen atoms in total. The zero-order valence-electron chi connectivity index (χ0n) is 9.34. The Morgan fingerprint density at radius 2 is 2.39 bits per heavy atom. The van der Waals surface area contributed by atoms with Gasteiger partial charge in [0.2, 0.25) is 0 Å². The number of aromatic carboxylic acids is 1. The van der Waals surface area contributed by atoms with Crippen LogP contribution >= 0.6 is 27.3 Å². The minimum absolute atomic E-state index is 0.0203. The Labute approximate surface area is 116 Å². The molecular weight excluding hydrogens is 320 g/mol. The predicted molar refractivity (Wildman–Crippen MR) is 70.9 cm³/mol. The molecule has 0 aromatic carbocycles. The monoisotopic (exact) mass is 330 g/mol. The average Bonchev–Trinajstić information content (AvgIpc) is 2.89. The number of hydrogen-bond acceptors (Lipinski definition) is 5. The molecule has 2 rings (SSSR count). The van der Waals surface area contributed by atoms with Gasteiger partial charge in [-0.05, 0) is 33.9 Å². The van der Waals surface area contributed by atoms with Gasteiger partial charge in [-0.3, -0.25) is 0 Å². The first-order chi connectivity index (χ1) is 8.63. The van der Waals surface area contributed by atoms with E-state index in [-0.39, 0.29) is 5.69 Å². The molecule has 8 heteroatoms. The van der Waals surface area contributed by atoms with Crippen LogP contribution in [0.25, 0.3) is 0 Å². The lowest BCUT2D eigenvalue weighted by atomic mass is 10.2. The van der Waals surface area contributed by atoms with E-state index in [1.165, 1.54) is 0 Å². The molecule has 0 saturated heterocycles. The lowest BCUT2D eigenvalue weighted by Gasteiger charge is -2.05. The molecule has 2 aromatic heterocycles. The molecule has 2 heterocycles. The van der Waals surface area contributed by atoms with Gasteiger partial charge >= 0.3 is 5.97 Å². The lowest BCUT2D eigenvalue weighted by Crippen LogP contribution is -2.13. The Morgan fingerprint density at radius 3 is 2.94 bits per heavy atom. The van der Waals surface area contributed by atoms with Gasteiger partial charge in [0.25, 0.3) is 0 Å². The summed E-state index contributed by atoms with van der Waals surface area (Å²) in [7, 11) is 0. The van der Waals surface area contributed by atoms with Crippen molar-refractivity contribution in [3.05, 3.63) is 32.2 Å². The molecule has 96 valence electrons. The fraction of sp³-hybridized carbons (Fsp3) is 0.300. The van der Waals surface area contributed by atoms with Crippen LogP contribution in [0.3, 0.4) is 0 Å². The van der Waals surface area contributed by atoms with Gasteiger partial charge in [0, 0.05) is 15.8 Å². The molecule has 0 atom stereocenters. The number of hydrogen-bond donors (Lipinski definition) is 2. The van der Waals surface area contributed by atoms with Crippen LogP contribution in [0.15, 0.2) is 15.9 Å². The molecular formula is C10H11BrN4O2S. The quantitative estimate of drug-likeness (QED) is 0.862. The highest BCUT2D eigenvalue weighted by atomic mass is 79.9. The van der Waals surface area contributed by atoms with E-state index in [4.69, 9.17) is 10.8 Å². The Balaban J connectivity index is 2.33. The molecule has 0 saturated carbocycles. The Kier molecular flexibility index (Phi) is 4.10. The second-order valence-electron chi connectivity index (χ2n) is 3.58. The first-order valence-electron chi connectivity index (χ1n) is 5.21. The molecule has 0 aliphatic carbocycles. The summed E-state index contributed by atoms with van der Waals surface area (Å²) in [5, 5.41) is 18.6. The minimum Gasteiger partial charge on any atom is -0.476 e. The van der Waals surface area contributed by atoms with Crippen LogP contribution in [0.4, 0.5) is 0 Å². The van der Waals surface area contributed by atoms with Crippen molar-refractivity contribution in [3.8, 4) is 0 Å². The van der Waals surface area contributed by atoms with Gasteiger partial charge in [0.05, 0.1) is 12.2 Å². The van der Waals surface area contributed by atoms with Crippen LogP contribution in [0, 0.1) is 0 Å². The van der Waals surface area contributed by atoms with Crippen molar-refractivity contribution in [2.75, 3.05) is 6.54 Å². The first-order valence-corrected chi connectivity index (χ1v) is 6.88. The van der Waals surface area contributed by atoms with Gasteiger partial charge in [0.15, 0.2) is 5.69 Å². The first kappa shape index (κ1) is 13.2. The zero-order chi connectivity index (χ0) is 13.1. The van der Waals surface area contributed by atoms with Crippen molar-refractivity contribution >= 4 is 33.2 Å². The molecule has 18 heavy (non-hydrogen) atoms. The number of nitrogens with zero attached hydrogens (tertiary/aromatic N) is 3. The van der Waals surface area contributed by atoms with E-state index < -0.39 is 5.97 Å². The van der Waals surface area contributed by atoms with E-state index in [1.807, 2.05) is 11.4 Å². The number of carboxylic acids is 1. The third kappa shape index (κ3) is 2.60. The maximum atomic E-state index is 11.0. The highest BCUT2D eigenvalue weighted by molar-refractivity contribution is 9.10. The fourth-order valence-electron chi connectivity index (χ4n) is 1.58.